The highest BCUT2D eigenvalue weighted by atomic mass is 32.2. The summed E-state index contributed by atoms with van der Waals surface area (Å²) in [5.41, 5.74) is 2.27. The molecule has 5 nitrogen and oxygen atoms in total. The van der Waals surface area contributed by atoms with E-state index in [1.165, 1.54) is 12.5 Å². The van der Waals surface area contributed by atoms with E-state index in [0.717, 1.165) is 11.1 Å². The van der Waals surface area contributed by atoms with E-state index >= 15 is 0 Å². The number of aliphatic hydroxyl groups excluding tert-OH is 1. The Balaban J connectivity index is 1.94. The van der Waals surface area contributed by atoms with Gasteiger partial charge in [-0.05, 0) is 18.6 Å². The molecule has 0 unspecified atom stereocenters. The summed E-state index contributed by atoms with van der Waals surface area (Å²) in [6.07, 6.45) is 1.90. The van der Waals surface area contributed by atoms with E-state index in [9.17, 15) is 13.5 Å². The second kappa shape index (κ2) is 6.21. The van der Waals surface area contributed by atoms with Gasteiger partial charge in [-0.1, -0.05) is 29.8 Å². The van der Waals surface area contributed by atoms with Crippen molar-refractivity contribution in [2.24, 2.45) is 0 Å². The Morgan fingerprint density at radius 3 is 2.80 bits per heavy atom. The Labute approximate surface area is 118 Å². The van der Waals surface area contributed by atoms with Crippen molar-refractivity contribution >= 4 is 10.0 Å². The van der Waals surface area contributed by atoms with Gasteiger partial charge in [0.15, 0.2) is 0 Å². The fourth-order valence-electron chi connectivity index (χ4n) is 1.86. The van der Waals surface area contributed by atoms with Gasteiger partial charge in [0.2, 0.25) is 10.0 Å². The first-order valence-corrected chi connectivity index (χ1v) is 7.84. The molecule has 0 saturated carbocycles. The predicted octanol–water partition coefficient (Wildman–Crippen LogP) is 1.74. The lowest BCUT2D eigenvalue weighted by Crippen LogP contribution is -2.29. The lowest BCUT2D eigenvalue weighted by Gasteiger charge is -2.11. The summed E-state index contributed by atoms with van der Waals surface area (Å²) in [5.74, 6) is -0.104. The van der Waals surface area contributed by atoms with Gasteiger partial charge in [0, 0.05) is 12.1 Å². The van der Waals surface area contributed by atoms with Crippen LogP contribution in [0.1, 0.15) is 22.8 Å². The highest BCUT2D eigenvalue weighted by molar-refractivity contribution is 7.88. The van der Waals surface area contributed by atoms with Crippen LogP contribution in [-0.4, -0.2) is 20.1 Å². The average Bonchev–Trinajstić information content (AvgIpc) is 2.89. The topological polar surface area (TPSA) is 79.5 Å². The van der Waals surface area contributed by atoms with Crippen LogP contribution in [0.15, 0.2) is 47.3 Å². The number of furan rings is 1. The van der Waals surface area contributed by atoms with Gasteiger partial charge in [-0.3, -0.25) is 0 Å². The molecule has 6 heteroatoms. The minimum atomic E-state index is -3.48. The fraction of sp³-hybridized carbons (Fsp3) is 0.286. The van der Waals surface area contributed by atoms with E-state index in [2.05, 4.69) is 4.72 Å². The summed E-state index contributed by atoms with van der Waals surface area (Å²) < 4.78 is 31.1. The maximum atomic E-state index is 11.9. The molecule has 0 fully saturated rings. The van der Waals surface area contributed by atoms with Crippen molar-refractivity contribution < 1.29 is 17.9 Å². The molecule has 1 aromatic heterocycles. The maximum absolute atomic E-state index is 11.9. The van der Waals surface area contributed by atoms with Crippen molar-refractivity contribution in [2.75, 3.05) is 6.54 Å². The van der Waals surface area contributed by atoms with Crippen LogP contribution in [0.25, 0.3) is 0 Å². The molecule has 0 radical (unpaired) electrons. The third-order valence-corrected chi connectivity index (χ3v) is 4.18. The largest absolute Gasteiger partial charge is 0.472 e. The quantitative estimate of drug-likeness (QED) is 0.850. The van der Waals surface area contributed by atoms with Crippen molar-refractivity contribution in [3.8, 4) is 0 Å². The number of aryl methyl sites for hydroxylation is 1. The van der Waals surface area contributed by atoms with Gasteiger partial charge in [0.1, 0.15) is 0 Å². The second-order valence-electron chi connectivity index (χ2n) is 4.67. The van der Waals surface area contributed by atoms with E-state index in [4.69, 9.17) is 4.42 Å². The van der Waals surface area contributed by atoms with Gasteiger partial charge in [-0.15, -0.1) is 0 Å². The zero-order valence-electron chi connectivity index (χ0n) is 11.1. The lowest BCUT2D eigenvalue weighted by molar-refractivity contribution is 0.181. The molecule has 0 aliphatic heterocycles. The Hall–Kier alpha value is -1.63. The van der Waals surface area contributed by atoms with Crippen LogP contribution in [-0.2, 0) is 15.8 Å². The fourth-order valence-corrected chi connectivity index (χ4v) is 2.99. The number of aliphatic hydroxyl groups is 1. The number of benzene rings is 1. The third kappa shape index (κ3) is 4.19. The number of hydrogen-bond donors (Lipinski definition) is 2. The van der Waals surface area contributed by atoms with E-state index in [1.807, 2.05) is 25.1 Å². The first kappa shape index (κ1) is 14.8. The molecule has 1 atom stereocenters. The van der Waals surface area contributed by atoms with Gasteiger partial charge >= 0.3 is 0 Å². The molecule has 0 bridgehead atoms. The van der Waals surface area contributed by atoms with Crippen LogP contribution in [0.5, 0.6) is 0 Å². The second-order valence-corrected chi connectivity index (χ2v) is 6.48. The Morgan fingerprint density at radius 1 is 1.35 bits per heavy atom. The van der Waals surface area contributed by atoms with E-state index in [0.29, 0.717) is 5.56 Å². The van der Waals surface area contributed by atoms with Crippen molar-refractivity contribution in [2.45, 2.75) is 18.8 Å². The number of hydrogen-bond acceptors (Lipinski definition) is 4. The lowest BCUT2D eigenvalue weighted by atomic mass is 10.2. The Morgan fingerprint density at radius 2 is 2.15 bits per heavy atom. The van der Waals surface area contributed by atoms with Gasteiger partial charge in [-0.25, -0.2) is 13.1 Å². The number of sulfonamides is 1. The van der Waals surface area contributed by atoms with Gasteiger partial charge in [0.05, 0.1) is 24.4 Å². The molecule has 0 amide bonds. The average molecular weight is 295 g/mol. The minimum Gasteiger partial charge on any atom is -0.472 e. The molecular weight excluding hydrogens is 278 g/mol. The summed E-state index contributed by atoms with van der Waals surface area (Å²) in [4.78, 5) is 0. The zero-order chi connectivity index (χ0) is 14.6. The Bertz CT molecular complexity index is 650. The maximum Gasteiger partial charge on any atom is 0.215 e. The minimum absolute atomic E-state index is 0.0757. The molecule has 0 spiro atoms. The molecule has 1 aromatic carbocycles. The number of nitrogens with one attached hydrogen (secondary N) is 1. The molecule has 2 N–H and O–H groups in total. The first-order chi connectivity index (χ1) is 9.46. The summed E-state index contributed by atoms with van der Waals surface area (Å²) in [5, 5.41) is 9.80. The molecule has 2 rings (SSSR count). The summed E-state index contributed by atoms with van der Waals surface area (Å²) >= 11 is 0. The molecule has 1 heterocycles. The zero-order valence-corrected chi connectivity index (χ0v) is 11.9. The molecule has 108 valence electrons. The normalized spacial score (nSPS) is 13.3. The SMILES string of the molecule is Cc1cccc(CS(=O)(=O)NC[C@@H](O)c2ccoc2)c1. The first-order valence-electron chi connectivity index (χ1n) is 6.19. The van der Waals surface area contributed by atoms with E-state index in [1.54, 1.807) is 12.1 Å². The molecule has 0 saturated heterocycles. The number of rotatable bonds is 6. The predicted molar refractivity (Wildman–Crippen MR) is 75.5 cm³/mol. The van der Waals surface area contributed by atoms with Crippen LogP contribution in [0.3, 0.4) is 0 Å². The van der Waals surface area contributed by atoms with Gasteiger partial charge < -0.3 is 9.52 Å². The standard InChI is InChI=1S/C14H17NO4S/c1-11-3-2-4-12(7-11)10-20(17,18)15-8-14(16)13-5-6-19-9-13/h2-7,9,14-16H,8,10H2,1H3/t14-/m1/s1. The van der Waals surface area contributed by atoms with Crippen LogP contribution in [0, 0.1) is 6.92 Å². The Kier molecular flexibility index (Phi) is 4.59. The smallest absolute Gasteiger partial charge is 0.215 e. The van der Waals surface area contributed by atoms with E-state index < -0.39 is 16.1 Å². The van der Waals surface area contributed by atoms with Crippen molar-refractivity contribution in [3.05, 3.63) is 59.5 Å². The van der Waals surface area contributed by atoms with Crippen LogP contribution < -0.4 is 4.72 Å². The highest BCUT2D eigenvalue weighted by Crippen LogP contribution is 2.13. The molecule has 0 aliphatic carbocycles. The molecule has 2 aromatic rings. The third-order valence-electron chi connectivity index (χ3n) is 2.86. The van der Waals surface area contributed by atoms with Crippen molar-refractivity contribution in [1.29, 1.82) is 0 Å². The van der Waals surface area contributed by atoms with Gasteiger partial charge in [-0.2, -0.15) is 0 Å². The van der Waals surface area contributed by atoms with Crippen molar-refractivity contribution in [3.63, 3.8) is 0 Å². The monoisotopic (exact) mass is 295 g/mol. The van der Waals surface area contributed by atoms with Crippen molar-refractivity contribution in [1.82, 2.24) is 4.72 Å². The van der Waals surface area contributed by atoms with Crippen LogP contribution >= 0.6 is 0 Å². The molecule has 20 heavy (non-hydrogen) atoms. The van der Waals surface area contributed by atoms with Crippen LogP contribution in [0.2, 0.25) is 0 Å². The van der Waals surface area contributed by atoms with Gasteiger partial charge in [0.25, 0.3) is 0 Å². The summed E-state index contributed by atoms with van der Waals surface area (Å²) in [6, 6.07) is 8.91. The summed E-state index contributed by atoms with van der Waals surface area (Å²) in [6.45, 7) is 1.83. The molecular formula is C14H17NO4S. The summed E-state index contributed by atoms with van der Waals surface area (Å²) in [7, 11) is -3.48. The highest BCUT2D eigenvalue weighted by Gasteiger charge is 2.15. The van der Waals surface area contributed by atoms with Crippen LogP contribution in [0.4, 0.5) is 0 Å². The molecule has 0 aliphatic rings. The van der Waals surface area contributed by atoms with E-state index in [-0.39, 0.29) is 12.3 Å².